The molecule has 2 rings (SSSR count). The van der Waals surface area contributed by atoms with E-state index in [-0.39, 0.29) is 17.0 Å². The quantitative estimate of drug-likeness (QED) is 0.744. The molecule has 0 saturated carbocycles. The van der Waals surface area contributed by atoms with Gasteiger partial charge in [0.15, 0.2) is 6.61 Å². The van der Waals surface area contributed by atoms with Crippen molar-refractivity contribution in [1.29, 1.82) is 0 Å². The molecule has 26 heavy (non-hydrogen) atoms. The number of carbonyl (C=O) groups excluding carboxylic acids is 2. The zero-order valence-electron chi connectivity index (χ0n) is 14.5. The standard InChI is InChI=1S/C18H20N2O5S/c1-12-6-7-14(8-13(12)2)9-18(22)25-11-17(21)20-15-4-3-5-16(10-15)26(19,23)24/h3-8,10H,9,11H2,1-2H3,(H,20,21)(H2,19,23,24). The predicted molar refractivity (Wildman–Crippen MR) is 97.0 cm³/mol. The van der Waals surface area contributed by atoms with Crippen molar-refractivity contribution in [2.75, 3.05) is 11.9 Å². The van der Waals surface area contributed by atoms with Crippen molar-refractivity contribution in [2.24, 2.45) is 5.14 Å². The number of aryl methyl sites for hydroxylation is 2. The van der Waals surface area contributed by atoms with Crippen LogP contribution in [0, 0.1) is 13.8 Å². The molecule has 7 nitrogen and oxygen atoms in total. The van der Waals surface area contributed by atoms with Gasteiger partial charge < -0.3 is 10.1 Å². The normalized spacial score (nSPS) is 11.0. The summed E-state index contributed by atoms with van der Waals surface area (Å²) in [6.45, 7) is 3.46. The first kappa shape index (κ1) is 19.6. The van der Waals surface area contributed by atoms with Gasteiger partial charge in [0, 0.05) is 5.69 Å². The fourth-order valence-corrected chi connectivity index (χ4v) is 2.78. The molecule has 0 aliphatic carbocycles. The molecule has 0 bridgehead atoms. The van der Waals surface area contributed by atoms with Gasteiger partial charge in [-0.3, -0.25) is 9.59 Å². The van der Waals surface area contributed by atoms with Crippen LogP contribution in [0.5, 0.6) is 0 Å². The van der Waals surface area contributed by atoms with Gasteiger partial charge in [0.2, 0.25) is 10.0 Å². The maximum atomic E-state index is 11.9. The van der Waals surface area contributed by atoms with Crippen LogP contribution in [-0.4, -0.2) is 26.9 Å². The largest absolute Gasteiger partial charge is 0.455 e. The number of rotatable bonds is 6. The Morgan fingerprint density at radius 1 is 1.08 bits per heavy atom. The number of carbonyl (C=O) groups is 2. The minimum absolute atomic E-state index is 0.0648. The second-order valence-electron chi connectivity index (χ2n) is 5.88. The molecule has 3 N–H and O–H groups in total. The third-order valence-electron chi connectivity index (χ3n) is 3.73. The molecular weight excluding hydrogens is 356 g/mol. The van der Waals surface area contributed by atoms with Crippen LogP contribution in [0.2, 0.25) is 0 Å². The Labute approximate surface area is 152 Å². The van der Waals surface area contributed by atoms with E-state index in [1.165, 1.54) is 24.3 Å². The lowest BCUT2D eigenvalue weighted by molar-refractivity contribution is -0.146. The van der Waals surface area contributed by atoms with Gasteiger partial charge in [-0.15, -0.1) is 0 Å². The number of hydrogen-bond donors (Lipinski definition) is 2. The highest BCUT2D eigenvalue weighted by Gasteiger charge is 2.12. The van der Waals surface area contributed by atoms with Gasteiger partial charge in [-0.1, -0.05) is 24.3 Å². The van der Waals surface area contributed by atoms with Crippen molar-refractivity contribution in [1.82, 2.24) is 0 Å². The molecule has 0 heterocycles. The van der Waals surface area contributed by atoms with Crippen LogP contribution in [0.3, 0.4) is 0 Å². The highest BCUT2D eigenvalue weighted by molar-refractivity contribution is 7.89. The number of sulfonamides is 1. The Bertz CT molecular complexity index is 938. The van der Waals surface area contributed by atoms with Crippen molar-refractivity contribution in [2.45, 2.75) is 25.2 Å². The Kier molecular flexibility index (Phi) is 6.12. The highest BCUT2D eigenvalue weighted by Crippen LogP contribution is 2.14. The summed E-state index contributed by atoms with van der Waals surface area (Å²) in [5.74, 6) is -1.10. The van der Waals surface area contributed by atoms with Crippen molar-refractivity contribution in [3.63, 3.8) is 0 Å². The number of amides is 1. The SMILES string of the molecule is Cc1ccc(CC(=O)OCC(=O)Nc2cccc(S(N)(=O)=O)c2)cc1C. The van der Waals surface area contributed by atoms with Crippen LogP contribution in [-0.2, 0) is 30.8 Å². The molecule has 2 aromatic carbocycles. The Balaban J connectivity index is 1.88. The second-order valence-corrected chi connectivity index (χ2v) is 7.44. The van der Waals surface area contributed by atoms with E-state index in [4.69, 9.17) is 9.88 Å². The summed E-state index contributed by atoms with van der Waals surface area (Å²) in [5, 5.41) is 7.49. The van der Waals surface area contributed by atoms with Crippen molar-refractivity contribution < 1.29 is 22.7 Å². The van der Waals surface area contributed by atoms with Gasteiger partial charge in [0.05, 0.1) is 11.3 Å². The molecule has 0 aliphatic rings. The number of anilines is 1. The van der Waals surface area contributed by atoms with E-state index in [2.05, 4.69) is 5.32 Å². The molecule has 138 valence electrons. The van der Waals surface area contributed by atoms with E-state index < -0.39 is 28.5 Å². The zero-order valence-corrected chi connectivity index (χ0v) is 15.3. The minimum atomic E-state index is -3.86. The third kappa shape index (κ3) is 5.68. The number of primary sulfonamides is 1. The molecule has 0 spiro atoms. The fraction of sp³-hybridized carbons (Fsp3) is 0.222. The molecule has 1 amide bonds. The van der Waals surface area contributed by atoms with Crippen LogP contribution in [0.4, 0.5) is 5.69 Å². The van der Waals surface area contributed by atoms with Crippen LogP contribution in [0.25, 0.3) is 0 Å². The number of esters is 1. The van der Waals surface area contributed by atoms with E-state index in [1.54, 1.807) is 0 Å². The van der Waals surface area contributed by atoms with Crippen molar-refractivity contribution >= 4 is 27.6 Å². The molecule has 8 heteroatoms. The first-order chi connectivity index (χ1) is 12.1. The summed E-state index contributed by atoms with van der Waals surface area (Å²) < 4.78 is 27.6. The third-order valence-corrected chi connectivity index (χ3v) is 4.64. The number of hydrogen-bond acceptors (Lipinski definition) is 5. The number of nitrogens with one attached hydrogen (secondary N) is 1. The molecule has 0 fully saturated rings. The lowest BCUT2D eigenvalue weighted by Crippen LogP contribution is -2.22. The maximum Gasteiger partial charge on any atom is 0.310 e. The van der Waals surface area contributed by atoms with E-state index in [0.29, 0.717) is 0 Å². The van der Waals surface area contributed by atoms with Crippen LogP contribution >= 0.6 is 0 Å². The smallest absolute Gasteiger partial charge is 0.310 e. The summed E-state index contributed by atoms with van der Waals surface area (Å²) in [4.78, 5) is 23.6. The maximum absolute atomic E-state index is 11.9. The van der Waals surface area contributed by atoms with Gasteiger partial charge in [0.25, 0.3) is 5.91 Å². The average Bonchev–Trinajstić information content (AvgIpc) is 2.56. The number of benzene rings is 2. The monoisotopic (exact) mass is 376 g/mol. The van der Waals surface area contributed by atoms with Crippen molar-refractivity contribution in [3.05, 3.63) is 59.2 Å². The van der Waals surface area contributed by atoms with E-state index in [9.17, 15) is 18.0 Å². The minimum Gasteiger partial charge on any atom is -0.455 e. The molecule has 0 saturated heterocycles. The fourth-order valence-electron chi connectivity index (χ4n) is 2.23. The van der Waals surface area contributed by atoms with Gasteiger partial charge in [-0.2, -0.15) is 0 Å². The molecular formula is C18H20N2O5S. The Morgan fingerprint density at radius 2 is 1.81 bits per heavy atom. The first-order valence-corrected chi connectivity index (χ1v) is 9.34. The molecule has 0 aromatic heterocycles. The molecule has 2 aromatic rings. The molecule has 0 atom stereocenters. The van der Waals surface area contributed by atoms with Crippen LogP contribution in [0.1, 0.15) is 16.7 Å². The Hall–Kier alpha value is -2.71. The van der Waals surface area contributed by atoms with Crippen molar-refractivity contribution in [3.8, 4) is 0 Å². The van der Waals surface area contributed by atoms with Crippen LogP contribution in [0.15, 0.2) is 47.4 Å². The summed E-state index contributed by atoms with van der Waals surface area (Å²) in [6.07, 6.45) is 0.0648. The highest BCUT2D eigenvalue weighted by atomic mass is 32.2. The molecule has 0 unspecified atom stereocenters. The second kappa shape index (κ2) is 8.11. The predicted octanol–water partition coefficient (Wildman–Crippen LogP) is 1.68. The average molecular weight is 376 g/mol. The number of ether oxygens (including phenoxy) is 1. The van der Waals surface area contributed by atoms with Gasteiger partial charge >= 0.3 is 5.97 Å². The van der Waals surface area contributed by atoms with Gasteiger partial charge in [0.1, 0.15) is 0 Å². The first-order valence-electron chi connectivity index (χ1n) is 7.79. The lowest BCUT2D eigenvalue weighted by atomic mass is 10.0. The van der Waals surface area contributed by atoms with Gasteiger partial charge in [-0.05, 0) is 48.7 Å². The summed E-state index contributed by atoms with van der Waals surface area (Å²) in [7, 11) is -3.86. The Morgan fingerprint density at radius 3 is 2.46 bits per heavy atom. The van der Waals surface area contributed by atoms with E-state index >= 15 is 0 Å². The van der Waals surface area contributed by atoms with Crippen LogP contribution < -0.4 is 10.5 Å². The summed E-state index contributed by atoms with van der Waals surface area (Å²) in [5.41, 5.74) is 3.25. The summed E-state index contributed by atoms with van der Waals surface area (Å²) in [6, 6.07) is 11.1. The lowest BCUT2D eigenvalue weighted by Gasteiger charge is -2.08. The number of nitrogens with two attached hydrogens (primary N) is 1. The zero-order chi connectivity index (χ0) is 19.3. The molecule has 0 radical (unpaired) electrons. The summed E-state index contributed by atoms with van der Waals surface area (Å²) >= 11 is 0. The van der Waals surface area contributed by atoms with E-state index in [1.807, 2.05) is 32.0 Å². The van der Waals surface area contributed by atoms with E-state index in [0.717, 1.165) is 16.7 Å². The molecule has 0 aliphatic heterocycles. The topological polar surface area (TPSA) is 116 Å². The van der Waals surface area contributed by atoms with Gasteiger partial charge in [-0.25, -0.2) is 13.6 Å².